The molecule has 0 radical (unpaired) electrons. The molecule has 1 aromatic heterocycles. The van der Waals surface area contributed by atoms with E-state index in [9.17, 15) is 0 Å². The molecule has 0 fully saturated rings. The highest BCUT2D eigenvalue weighted by Gasteiger charge is 2.05. The minimum absolute atomic E-state index is 0.252. The van der Waals surface area contributed by atoms with Crippen LogP contribution in [-0.4, -0.2) is 36.0 Å². The molecule has 0 aliphatic carbocycles. The van der Waals surface area contributed by atoms with Crippen molar-refractivity contribution in [2.75, 3.05) is 25.6 Å². The zero-order chi connectivity index (χ0) is 11.1. The zero-order valence-corrected chi connectivity index (χ0v) is 10.1. The Kier molecular flexibility index (Phi) is 5.52. The average Bonchev–Trinajstić information content (AvgIpc) is 2.64. The zero-order valence-electron chi connectivity index (χ0n) is 9.32. The van der Waals surface area contributed by atoms with E-state index in [4.69, 9.17) is 9.47 Å². The molecule has 15 heavy (non-hydrogen) atoms. The van der Waals surface area contributed by atoms with Crippen molar-refractivity contribution < 1.29 is 9.47 Å². The molecule has 86 valence electrons. The molecule has 0 spiro atoms. The van der Waals surface area contributed by atoms with Crippen LogP contribution >= 0.6 is 11.5 Å². The van der Waals surface area contributed by atoms with Gasteiger partial charge in [0.15, 0.2) is 0 Å². The highest BCUT2D eigenvalue weighted by Crippen LogP contribution is 2.16. The smallest absolute Gasteiger partial charge is 0.135 e. The fourth-order valence-electron chi connectivity index (χ4n) is 1.00. The van der Waals surface area contributed by atoms with Crippen molar-refractivity contribution in [2.24, 2.45) is 0 Å². The lowest BCUT2D eigenvalue weighted by molar-refractivity contribution is 0.0136. The Balaban J connectivity index is 2.15. The van der Waals surface area contributed by atoms with Gasteiger partial charge in [0.1, 0.15) is 10.7 Å². The minimum atomic E-state index is 0.252. The van der Waals surface area contributed by atoms with Crippen molar-refractivity contribution in [1.29, 1.82) is 0 Å². The summed E-state index contributed by atoms with van der Waals surface area (Å²) in [5.41, 5.74) is 0.854. The van der Waals surface area contributed by atoms with Gasteiger partial charge in [-0.15, -0.1) is 5.10 Å². The molecule has 6 heteroatoms. The highest BCUT2D eigenvalue weighted by molar-refractivity contribution is 7.10. The van der Waals surface area contributed by atoms with Gasteiger partial charge in [-0.1, -0.05) is 4.49 Å². The molecule has 0 atom stereocenters. The van der Waals surface area contributed by atoms with E-state index in [0.29, 0.717) is 19.8 Å². The summed E-state index contributed by atoms with van der Waals surface area (Å²) < 4.78 is 14.6. The lowest BCUT2D eigenvalue weighted by Crippen LogP contribution is -2.09. The van der Waals surface area contributed by atoms with Crippen molar-refractivity contribution in [2.45, 2.75) is 26.6 Å². The van der Waals surface area contributed by atoms with Crippen LogP contribution < -0.4 is 5.32 Å². The van der Waals surface area contributed by atoms with E-state index in [0.717, 1.165) is 10.7 Å². The molecule has 0 unspecified atom stereocenters. The van der Waals surface area contributed by atoms with Crippen molar-refractivity contribution in [1.82, 2.24) is 9.59 Å². The summed E-state index contributed by atoms with van der Waals surface area (Å²) in [6, 6.07) is 0. The highest BCUT2D eigenvalue weighted by atomic mass is 32.1. The maximum atomic E-state index is 5.41. The second-order valence-corrected chi connectivity index (χ2v) is 4.03. The number of hydrogen-bond donors (Lipinski definition) is 1. The molecule has 1 heterocycles. The van der Waals surface area contributed by atoms with Crippen molar-refractivity contribution >= 4 is 16.5 Å². The standard InChI is InChI=1S/C9H17N3O2S/c1-7(2)14-5-4-13-6-8-9(10-3)15-12-11-8/h7,10H,4-6H2,1-3H3. The molecule has 5 nitrogen and oxygen atoms in total. The minimum Gasteiger partial charge on any atom is -0.377 e. The number of nitrogens with zero attached hydrogens (tertiary/aromatic N) is 2. The van der Waals surface area contributed by atoms with Gasteiger partial charge in [0.2, 0.25) is 0 Å². The van der Waals surface area contributed by atoms with Gasteiger partial charge in [-0.2, -0.15) is 0 Å². The maximum absolute atomic E-state index is 5.41. The monoisotopic (exact) mass is 231 g/mol. The van der Waals surface area contributed by atoms with Gasteiger partial charge in [0.05, 0.1) is 25.9 Å². The number of rotatable bonds is 7. The molecule has 0 aliphatic heterocycles. The van der Waals surface area contributed by atoms with E-state index < -0.39 is 0 Å². The van der Waals surface area contributed by atoms with Crippen molar-refractivity contribution in [3.8, 4) is 0 Å². The lowest BCUT2D eigenvalue weighted by Gasteiger charge is -2.07. The van der Waals surface area contributed by atoms with Crippen LogP contribution in [0.25, 0.3) is 0 Å². The van der Waals surface area contributed by atoms with E-state index >= 15 is 0 Å². The van der Waals surface area contributed by atoms with Gasteiger partial charge in [0, 0.05) is 18.6 Å². The Labute approximate surface area is 94.0 Å². The molecule has 0 bridgehead atoms. The molecule has 1 aromatic rings. The first kappa shape index (κ1) is 12.4. The Hall–Kier alpha value is -0.720. The van der Waals surface area contributed by atoms with E-state index in [-0.39, 0.29) is 6.10 Å². The normalized spacial score (nSPS) is 10.9. The van der Waals surface area contributed by atoms with Gasteiger partial charge in [0.25, 0.3) is 0 Å². The Morgan fingerprint density at radius 1 is 1.40 bits per heavy atom. The van der Waals surface area contributed by atoms with Crippen LogP contribution in [0.3, 0.4) is 0 Å². The number of nitrogens with one attached hydrogen (secondary N) is 1. The molecule has 0 saturated heterocycles. The van der Waals surface area contributed by atoms with E-state index in [1.54, 1.807) is 0 Å². The SMILES string of the molecule is CNc1snnc1COCCOC(C)C. The molecule has 1 rings (SSSR count). The Morgan fingerprint density at radius 3 is 2.87 bits per heavy atom. The summed E-state index contributed by atoms with van der Waals surface area (Å²) in [6.07, 6.45) is 0.252. The van der Waals surface area contributed by atoms with Gasteiger partial charge in [-0.05, 0) is 13.8 Å². The van der Waals surface area contributed by atoms with Crippen LogP contribution in [0.4, 0.5) is 5.00 Å². The molecule has 1 N–H and O–H groups in total. The van der Waals surface area contributed by atoms with Crippen LogP contribution in [-0.2, 0) is 16.1 Å². The average molecular weight is 231 g/mol. The maximum Gasteiger partial charge on any atom is 0.135 e. The van der Waals surface area contributed by atoms with E-state index in [2.05, 4.69) is 14.9 Å². The van der Waals surface area contributed by atoms with Crippen molar-refractivity contribution in [3.63, 3.8) is 0 Å². The predicted octanol–water partition coefficient (Wildman–Crippen LogP) is 1.52. The molecule has 0 saturated carbocycles. The fraction of sp³-hybridized carbons (Fsp3) is 0.778. The third kappa shape index (κ3) is 4.55. The molecule has 0 aliphatic rings. The topological polar surface area (TPSA) is 56.3 Å². The quantitative estimate of drug-likeness (QED) is 0.721. The molecule has 0 amide bonds. The van der Waals surface area contributed by atoms with Crippen LogP contribution in [0.2, 0.25) is 0 Å². The Bertz CT molecular complexity index is 278. The van der Waals surface area contributed by atoms with Gasteiger partial charge < -0.3 is 14.8 Å². The van der Waals surface area contributed by atoms with E-state index in [1.807, 2.05) is 20.9 Å². The summed E-state index contributed by atoms with van der Waals surface area (Å²) >= 11 is 1.33. The largest absolute Gasteiger partial charge is 0.377 e. The van der Waals surface area contributed by atoms with Gasteiger partial charge in [-0.3, -0.25) is 0 Å². The molecular formula is C9H17N3O2S. The molecule has 0 aromatic carbocycles. The van der Waals surface area contributed by atoms with Gasteiger partial charge in [-0.25, -0.2) is 0 Å². The number of ether oxygens (including phenoxy) is 2. The van der Waals surface area contributed by atoms with Crippen molar-refractivity contribution in [3.05, 3.63) is 5.69 Å². The number of anilines is 1. The van der Waals surface area contributed by atoms with Crippen LogP contribution in [0.5, 0.6) is 0 Å². The van der Waals surface area contributed by atoms with E-state index in [1.165, 1.54) is 11.5 Å². The number of aromatic nitrogens is 2. The lowest BCUT2D eigenvalue weighted by atomic mass is 10.5. The Morgan fingerprint density at radius 2 is 2.20 bits per heavy atom. The second kappa shape index (κ2) is 6.71. The summed E-state index contributed by atoms with van der Waals surface area (Å²) in [4.78, 5) is 0. The van der Waals surface area contributed by atoms with Crippen LogP contribution in [0, 0.1) is 0 Å². The summed E-state index contributed by atoms with van der Waals surface area (Å²) in [5.74, 6) is 0. The third-order valence-electron chi connectivity index (χ3n) is 1.70. The number of hydrogen-bond acceptors (Lipinski definition) is 6. The third-order valence-corrected chi connectivity index (χ3v) is 2.49. The van der Waals surface area contributed by atoms with Crippen LogP contribution in [0.1, 0.15) is 19.5 Å². The molecular weight excluding hydrogens is 214 g/mol. The predicted molar refractivity (Wildman–Crippen MR) is 60.2 cm³/mol. The second-order valence-electron chi connectivity index (χ2n) is 3.27. The summed E-state index contributed by atoms with van der Waals surface area (Å²) in [6.45, 7) is 5.68. The summed E-state index contributed by atoms with van der Waals surface area (Å²) in [7, 11) is 1.85. The fourth-order valence-corrected chi connectivity index (χ4v) is 1.52. The summed E-state index contributed by atoms with van der Waals surface area (Å²) in [5, 5.41) is 7.94. The first-order valence-electron chi connectivity index (χ1n) is 4.92. The first-order chi connectivity index (χ1) is 7.24. The van der Waals surface area contributed by atoms with Gasteiger partial charge >= 0.3 is 0 Å². The van der Waals surface area contributed by atoms with Crippen LogP contribution in [0.15, 0.2) is 0 Å². The first-order valence-corrected chi connectivity index (χ1v) is 5.69.